The fourth-order valence-corrected chi connectivity index (χ4v) is 4.59. The highest BCUT2D eigenvalue weighted by Crippen LogP contribution is 2.19. The van der Waals surface area contributed by atoms with Crippen LogP contribution in [0.2, 0.25) is 0 Å². The summed E-state index contributed by atoms with van der Waals surface area (Å²) < 4.78 is 5.50. The molecule has 2 N–H and O–H groups in total. The average molecular weight is 586 g/mol. The van der Waals surface area contributed by atoms with Crippen molar-refractivity contribution in [3.8, 4) is 0 Å². The molecule has 4 rings (SSSR count). The zero-order valence-electron chi connectivity index (χ0n) is 25.4. The Hall–Kier alpha value is -4.76. The molecule has 2 heterocycles. The number of piperazine rings is 1. The van der Waals surface area contributed by atoms with Gasteiger partial charge in [0.25, 0.3) is 0 Å². The van der Waals surface area contributed by atoms with Gasteiger partial charge >= 0.3 is 6.09 Å². The molecular formula is C31H39N9O3. The predicted molar refractivity (Wildman–Crippen MR) is 165 cm³/mol. The Morgan fingerprint density at radius 1 is 1.02 bits per heavy atom. The van der Waals surface area contributed by atoms with Crippen LogP contribution in [0.5, 0.6) is 0 Å². The number of hydrogen-bond acceptors (Lipinski definition) is 9. The van der Waals surface area contributed by atoms with Gasteiger partial charge in [0, 0.05) is 58.9 Å². The lowest BCUT2D eigenvalue weighted by molar-refractivity contribution is -0.129. The van der Waals surface area contributed by atoms with Crippen LogP contribution in [-0.4, -0.2) is 93.6 Å². The number of ether oxygens (including phenoxy) is 1. The second-order valence-electron chi connectivity index (χ2n) is 11.6. The lowest BCUT2D eigenvalue weighted by Gasteiger charge is -2.35. The standard InChI is InChI=1S/C31H39N9O3/c1-31(2,3)43-30(42)40-16-14-39(15-17-40)20-23-8-7-9-25(18-23)35-28-33-21-34-29(37-28)36-26(27(41)38(5)6)19-22-10-12-24(32-4)13-11-22/h7-13,18,21,26H,14-17,19-20H2,1-3,5-6H3,(H2,33,34,35,36,37)/t26-/m0/s1. The van der Waals surface area contributed by atoms with Gasteiger partial charge in [-0.2, -0.15) is 4.98 Å². The van der Waals surface area contributed by atoms with E-state index in [1.165, 1.54) is 11.2 Å². The molecule has 1 fully saturated rings. The maximum Gasteiger partial charge on any atom is 0.410 e. The van der Waals surface area contributed by atoms with Gasteiger partial charge < -0.3 is 25.2 Å². The van der Waals surface area contributed by atoms with E-state index < -0.39 is 11.6 Å². The molecule has 0 unspecified atom stereocenters. The normalized spacial score (nSPS) is 14.4. The fraction of sp³-hybridized carbons (Fsp3) is 0.419. The van der Waals surface area contributed by atoms with Crippen molar-refractivity contribution in [2.24, 2.45) is 0 Å². The fourth-order valence-electron chi connectivity index (χ4n) is 4.59. The number of amides is 2. The summed E-state index contributed by atoms with van der Waals surface area (Å²) in [5, 5.41) is 6.39. The number of likely N-dealkylation sites (N-methyl/N-ethyl adjacent to an activating group) is 1. The van der Waals surface area contributed by atoms with Crippen molar-refractivity contribution in [2.75, 3.05) is 50.9 Å². The van der Waals surface area contributed by atoms with Crippen molar-refractivity contribution in [1.29, 1.82) is 0 Å². The zero-order chi connectivity index (χ0) is 31.0. The monoisotopic (exact) mass is 585 g/mol. The molecule has 226 valence electrons. The minimum absolute atomic E-state index is 0.121. The van der Waals surface area contributed by atoms with E-state index >= 15 is 0 Å². The Bertz CT molecular complexity index is 1440. The third-order valence-corrected chi connectivity index (χ3v) is 6.73. The van der Waals surface area contributed by atoms with Crippen molar-refractivity contribution >= 4 is 35.3 Å². The largest absolute Gasteiger partial charge is 0.444 e. The van der Waals surface area contributed by atoms with Gasteiger partial charge in [-0.1, -0.05) is 36.4 Å². The Morgan fingerprint density at radius 2 is 1.72 bits per heavy atom. The van der Waals surface area contributed by atoms with E-state index in [4.69, 9.17) is 11.3 Å². The number of nitrogens with zero attached hydrogens (tertiary/aromatic N) is 7. The number of carbonyl (C=O) groups excluding carboxylic acids is 2. The molecule has 1 aromatic heterocycles. The maximum absolute atomic E-state index is 13.0. The van der Waals surface area contributed by atoms with E-state index in [1.807, 2.05) is 51.1 Å². The Labute approximate surface area is 252 Å². The van der Waals surface area contributed by atoms with E-state index in [1.54, 1.807) is 31.1 Å². The maximum atomic E-state index is 13.0. The van der Waals surface area contributed by atoms with Crippen molar-refractivity contribution in [3.63, 3.8) is 0 Å². The molecule has 2 aromatic carbocycles. The summed E-state index contributed by atoms with van der Waals surface area (Å²) in [7, 11) is 3.40. The molecule has 3 aromatic rings. The van der Waals surface area contributed by atoms with Crippen LogP contribution in [0.15, 0.2) is 54.9 Å². The molecule has 1 aliphatic heterocycles. The lowest BCUT2D eigenvalue weighted by atomic mass is 10.0. The van der Waals surface area contributed by atoms with Crippen LogP contribution in [0.1, 0.15) is 31.9 Å². The summed E-state index contributed by atoms with van der Waals surface area (Å²) in [5.41, 5.74) is 2.89. The molecule has 0 aliphatic carbocycles. The van der Waals surface area contributed by atoms with E-state index in [2.05, 4.69) is 41.4 Å². The van der Waals surface area contributed by atoms with E-state index in [0.717, 1.165) is 36.4 Å². The van der Waals surface area contributed by atoms with E-state index in [9.17, 15) is 9.59 Å². The molecular weight excluding hydrogens is 546 g/mol. The van der Waals surface area contributed by atoms with E-state index in [-0.39, 0.29) is 17.9 Å². The molecule has 43 heavy (non-hydrogen) atoms. The highest BCUT2D eigenvalue weighted by molar-refractivity contribution is 5.84. The van der Waals surface area contributed by atoms with Gasteiger partial charge in [0.2, 0.25) is 17.8 Å². The number of rotatable bonds is 9. The summed E-state index contributed by atoms with van der Waals surface area (Å²) in [6.45, 7) is 16.3. The first-order valence-corrected chi connectivity index (χ1v) is 14.2. The summed E-state index contributed by atoms with van der Waals surface area (Å²) in [5.74, 6) is 0.497. The van der Waals surface area contributed by atoms with Gasteiger partial charge in [0.05, 0.1) is 6.57 Å². The predicted octanol–water partition coefficient (Wildman–Crippen LogP) is 4.33. The minimum Gasteiger partial charge on any atom is -0.444 e. The Kier molecular flexibility index (Phi) is 10.1. The number of aromatic nitrogens is 3. The minimum atomic E-state index is -0.608. The number of anilines is 3. The van der Waals surface area contributed by atoms with Crippen LogP contribution in [0.25, 0.3) is 4.85 Å². The van der Waals surface area contributed by atoms with Crippen LogP contribution < -0.4 is 10.6 Å². The molecule has 12 nitrogen and oxygen atoms in total. The highest BCUT2D eigenvalue weighted by Gasteiger charge is 2.26. The molecule has 2 amide bonds. The average Bonchev–Trinajstić information content (AvgIpc) is 2.96. The number of nitrogens with one attached hydrogen (secondary N) is 2. The van der Waals surface area contributed by atoms with Gasteiger partial charge in [-0.25, -0.2) is 19.6 Å². The molecule has 0 radical (unpaired) electrons. The number of benzene rings is 2. The zero-order valence-corrected chi connectivity index (χ0v) is 25.4. The van der Waals surface area contributed by atoms with Gasteiger partial charge in [-0.15, -0.1) is 0 Å². The van der Waals surface area contributed by atoms with Crippen molar-refractivity contribution in [2.45, 2.75) is 45.4 Å². The molecule has 0 bridgehead atoms. The third kappa shape index (κ3) is 9.37. The smallest absolute Gasteiger partial charge is 0.410 e. The number of carbonyl (C=O) groups is 2. The van der Waals surface area contributed by atoms with Crippen molar-refractivity contribution in [1.82, 2.24) is 29.7 Å². The quantitative estimate of drug-likeness (QED) is 0.354. The molecule has 1 atom stereocenters. The van der Waals surface area contributed by atoms with Crippen molar-refractivity contribution in [3.05, 3.63) is 77.4 Å². The van der Waals surface area contributed by atoms with Gasteiger partial charge in [-0.3, -0.25) is 9.69 Å². The molecule has 0 saturated carbocycles. The van der Waals surface area contributed by atoms with Crippen LogP contribution in [0.4, 0.5) is 28.1 Å². The second-order valence-corrected chi connectivity index (χ2v) is 11.6. The summed E-state index contributed by atoms with van der Waals surface area (Å²) in [6, 6.07) is 14.6. The first kappa shape index (κ1) is 31.2. The third-order valence-electron chi connectivity index (χ3n) is 6.73. The van der Waals surface area contributed by atoms with Crippen LogP contribution in [-0.2, 0) is 22.5 Å². The first-order valence-electron chi connectivity index (χ1n) is 14.2. The highest BCUT2D eigenvalue weighted by atomic mass is 16.6. The molecule has 0 spiro atoms. The number of hydrogen-bond donors (Lipinski definition) is 2. The molecule has 12 heteroatoms. The Morgan fingerprint density at radius 3 is 2.37 bits per heavy atom. The van der Waals surface area contributed by atoms with Crippen LogP contribution >= 0.6 is 0 Å². The van der Waals surface area contributed by atoms with Gasteiger partial charge in [-0.05, 0) is 44.0 Å². The van der Waals surface area contributed by atoms with Crippen molar-refractivity contribution < 1.29 is 14.3 Å². The van der Waals surface area contributed by atoms with Gasteiger partial charge in [0.1, 0.15) is 18.0 Å². The topological polar surface area (TPSA) is 120 Å². The van der Waals surface area contributed by atoms with Gasteiger partial charge in [0.15, 0.2) is 5.69 Å². The van der Waals surface area contributed by atoms with Crippen LogP contribution in [0.3, 0.4) is 0 Å². The summed E-state index contributed by atoms with van der Waals surface area (Å²) in [6.07, 6.45) is 1.53. The Balaban J connectivity index is 1.37. The summed E-state index contributed by atoms with van der Waals surface area (Å²) >= 11 is 0. The molecule has 1 aliphatic rings. The summed E-state index contributed by atoms with van der Waals surface area (Å²) in [4.78, 5) is 47.3. The van der Waals surface area contributed by atoms with Crippen LogP contribution in [0, 0.1) is 6.57 Å². The molecule has 1 saturated heterocycles. The second kappa shape index (κ2) is 13.9. The SMILES string of the molecule is [C-]#[N+]c1ccc(C[C@H](Nc2ncnc(Nc3cccc(CN4CCN(C(=O)OC(C)(C)C)CC4)c3)n2)C(=O)N(C)C)cc1. The van der Waals surface area contributed by atoms with E-state index in [0.29, 0.717) is 31.1 Å². The lowest BCUT2D eigenvalue weighted by Crippen LogP contribution is -2.49. The first-order chi connectivity index (χ1) is 20.5.